The van der Waals surface area contributed by atoms with Gasteiger partial charge in [-0.1, -0.05) is 69.9 Å². The van der Waals surface area contributed by atoms with Crippen LogP contribution < -0.4 is 0 Å². The zero-order valence-corrected chi connectivity index (χ0v) is 16.7. The molecule has 2 aliphatic carbocycles. The Morgan fingerprint density at radius 3 is 2.88 bits per heavy atom. The van der Waals surface area contributed by atoms with Crippen LogP contribution in [0.3, 0.4) is 0 Å². The van der Waals surface area contributed by atoms with E-state index in [4.69, 9.17) is 16.4 Å². The summed E-state index contributed by atoms with van der Waals surface area (Å²) in [4.78, 5) is 5.49. The number of oxime groups is 1. The van der Waals surface area contributed by atoms with Crippen molar-refractivity contribution in [2.24, 2.45) is 17.0 Å². The summed E-state index contributed by atoms with van der Waals surface area (Å²) in [5.41, 5.74) is 4.95. The third-order valence-electron chi connectivity index (χ3n) is 6.30. The summed E-state index contributed by atoms with van der Waals surface area (Å²) in [6, 6.07) is 4.46. The van der Waals surface area contributed by atoms with Gasteiger partial charge in [0.1, 0.15) is 6.61 Å². The Morgan fingerprint density at radius 1 is 1.44 bits per heavy atom. The first-order valence-electron chi connectivity index (χ1n) is 9.52. The highest BCUT2D eigenvalue weighted by atomic mass is 35.5. The summed E-state index contributed by atoms with van der Waals surface area (Å²) in [5, 5.41) is 5.40. The van der Waals surface area contributed by atoms with Crippen LogP contribution >= 0.6 is 11.6 Å². The fraction of sp³-hybridized carbons (Fsp3) is 0.591. The van der Waals surface area contributed by atoms with Gasteiger partial charge in [0.15, 0.2) is 0 Å². The van der Waals surface area contributed by atoms with Crippen LogP contribution in [0.25, 0.3) is 0 Å². The average molecular weight is 360 g/mol. The zero-order valence-electron chi connectivity index (χ0n) is 15.9. The number of fused-ring (bicyclic) bond motifs is 3. The molecule has 0 heterocycles. The molecule has 3 heteroatoms. The Morgan fingerprint density at radius 2 is 2.20 bits per heavy atom. The van der Waals surface area contributed by atoms with Crippen molar-refractivity contribution in [3.05, 3.63) is 46.5 Å². The minimum absolute atomic E-state index is 0.136. The Labute approximate surface area is 157 Å². The Kier molecular flexibility index (Phi) is 5.29. The molecule has 0 saturated heterocycles. The second-order valence-corrected chi connectivity index (χ2v) is 8.71. The molecule has 2 unspecified atom stereocenters. The van der Waals surface area contributed by atoms with Gasteiger partial charge in [-0.15, -0.1) is 0 Å². The van der Waals surface area contributed by atoms with Gasteiger partial charge in [0.05, 0.1) is 5.71 Å². The topological polar surface area (TPSA) is 21.6 Å². The van der Waals surface area contributed by atoms with E-state index in [-0.39, 0.29) is 5.41 Å². The average Bonchev–Trinajstić information content (AvgIpc) is 2.55. The van der Waals surface area contributed by atoms with Crippen molar-refractivity contribution in [1.29, 1.82) is 0 Å². The number of hydrogen-bond donors (Lipinski definition) is 0. The van der Waals surface area contributed by atoms with Gasteiger partial charge in [-0.3, -0.25) is 0 Å². The molecule has 0 spiro atoms. The largest absolute Gasteiger partial charge is 0.391 e. The second kappa shape index (κ2) is 7.15. The summed E-state index contributed by atoms with van der Waals surface area (Å²) >= 11 is 6.86. The van der Waals surface area contributed by atoms with Crippen LogP contribution in [0.4, 0.5) is 0 Å². The van der Waals surface area contributed by atoms with E-state index in [9.17, 15) is 0 Å². The third kappa shape index (κ3) is 3.26. The van der Waals surface area contributed by atoms with Crippen molar-refractivity contribution in [3.63, 3.8) is 0 Å². The molecule has 136 valence electrons. The summed E-state index contributed by atoms with van der Waals surface area (Å²) in [5.74, 6) is 1.69. The Bertz CT molecular complexity index is 694. The minimum Gasteiger partial charge on any atom is -0.391 e. The molecule has 1 aromatic rings. The monoisotopic (exact) mass is 359 g/mol. The minimum atomic E-state index is 0.136. The van der Waals surface area contributed by atoms with Crippen molar-refractivity contribution in [2.75, 3.05) is 6.61 Å². The quantitative estimate of drug-likeness (QED) is 0.343. The predicted octanol–water partition coefficient (Wildman–Crippen LogP) is 6.47. The lowest BCUT2D eigenvalue weighted by molar-refractivity contribution is 0.133. The molecule has 25 heavy (non-hydrogen) atoms. The molecule has 0 N–H and O–H groups in total. The molecule has 1 saturated carbocycles. The zero-order chi connectivity index (χ0) is 18.2. The van der Waals surface area contributed by atoms with Crippen LogP contribution in [0.1, 0.15) is 76.0 Å². The van der Waals surface area contributed by atoms with Gasteiger partial charge in [0, 0.05) is 10.6 Å². The molecule has 2 aliphatic rings. The molecule has 3 rings (SSSR count). The lowest BCUT2D eigenvalue weighted by Crippen LogP contribution is -2.45. The molecule has 0 bridgehead atoms. The first kappa shape index (κ1) is 18.5. The summed E-state index contributed by atoms with van der Waals surface area (Å²) in [7, 11) is 0. The van der Waals surface area contributed by atoms with Crippen LogP contribution in [0.5, 0.6) is 0 Å². The van der Waals surface area contributed by atoms with Crippen LogP contribution in [0, 0.1) is 11.8 Å². The maximum Gasteiger partial charge on any atom is 0.135 e. The maximum absolute atomic E-state index is 6.86. The number of hydrogen-bond acceptors (Lipinski definition) is 2. The second-order valence-electron chi connectivity index (χ2n) is 8.30. The van der Waals surface area contributed by atoms with E-state index < -0.39 is 0 Å². The van der Waals surface area contributed by atoms with Gasteiger partial charge in [-0.25, -0.2) is 0 Å². The highest BCUT2D eigenvalue weighted by Crippen LogP contribution is 2.54. The third-order valence-corrected chi connectivity index (χ3v) is 6.60. The molecule has 3 atom stereocenters. The van der Waals surface area contributed by atoms with Crippen molar-refractivity contribution in [2.45, 2.75) is 64.7 Å². The highest BCUT2D eigenvalue weighted by Gasteiger charge is 2.48. The summed E-state index contributed by atoms with van der Waals surface area (Å²) in [6.07, 6.45) is 6.47. The number of halogens is 1. The predicted molar refractivity (Wildman–Crippen MR) is 107 cm³/mol. The van der Waals surface area contributed by atoms with E-state index in [0.717, 1.165) is 17.2 Å². The first-order chi connectivity index (χ1) is 11.9. The van der Waals surface area contributed by atoms with Crippen molar-refractivity contribution >= 4 is 17.3 Å². The van der Waals surface area contributed by atoms with Crippen molar-refractivity contribution < 1.29 is 4.84 Å². The van der Waals surface area contributed by atoms with Crippen molar-refractivity contribution in [3.8, 4) is 0 Å². The molecular formula is C22H30ClNO. The molecule has 0 aliphatic heterocycles. The van der Waals surface area contributed by atoms with E-state index in [2.05, 4.69) is 51.6 Å². The van der Waals surface area contributed by atoms with Crippen LogP contribution in [0.15, 0.2) is 29.9 Å². The lowest BCUT2D eigenvalue weighted by Gasteiger charge is -2.50. The summed E-state index contributed by atoms with van der Waals surface area (Å²) in [6.45, 7) is 13.4. The molecule has 2 nitrogen and oxygen atoms in total. The van der Waals surface area contributed by atoms with Crippen molar-refractivity contribution in [1.82, 2.24) is 0 Å². The van der Waals surface area contributed by atoms with Crippen LogP contribution in [0.2, 0.25) is 5.02 Å². The van der Waals surface area contributed by atoms with E-state index in [1.807, 2.05) is 0 Å². The number of nitrogens with zero attached hydrogens (tertiary/aromatic N) is 1. The van der Waals surface area contributed by atoms with E-state index in [1.165, 1.54) is 36.0 Å². The van der Waals surface area contributed by atoms with E-state index >= 15 is 0 Å². The SMILES string of the molecule is C=CCO/N=C1\CC2C(C)CCC[C@]2(C)c2c(Cl)cc(C(C)C)cc21. The number of benzene rings is 1. The highest BCUT2D eigenvalue weighted by molar-refractivity contribution is 6.32. The van der Waals surface area contributed by atoms with E-state index in [0.29, 0.717) is 24.4 Å². The Hall–Kier alpha value is -1.28. The smallest absolute Gasteiger partial charge is 0.135 e. The van der Waals surface area contributed by atoms with Gasteiger partial charge >= 0.3 is 0 Å². The van der Waals surface area contributed by atoms with E-state index in [1.54, 1.807) is 6.08 Å². The standard InChI is InChI=1S/C22H30ClNO/c1-6-10-25-24-20-13-18-15(4)8-7-9-22(18,5)21-17(20)11-16(14(2)3)12-19(21)23/h6,11-12,14-15,18H,1,7-10,13H2,2-5H3/b24-20+/t15?,18?,22-/m0/s1. The van der Waals surface area contributed by atoms with Gasteiger partial charge in [0.2, 0.25) is 0 Å². The van der Waals surface area contributed by atoms with Gasteiger partial charge in [-0.05, 0) is 59.3 Å². The number of rotatable bonds is 4. The molecule has 0 radical (unpaired) electrons. The maximum atomic E-state index is 6.86. The van der Waals surface area contributed by atoms with Gasteiger partial charge in [0.25, 0.3) is 0 Å². The fourth-order valence-electron chi connectivity index (χ4n) is 4.88. The molecule has 0 aromatic heterocycles. The summed E-state index contributed by atoms with van der Waals surface area (Å²) < 4.78 is 0. The molecule has 1 aromatic carbocycles. The normalized spacial score (nSPS) is 30.1. The molecule has 1 fully saturated rings. The Balaban J connectivity index is 2.17. The fourth-order valence-corrected chi connectivity index (χ4v) is 5.33. The molecular weight excluding hydrogens is 330 g/mol. The lowest BCUT2D eigenvalue weighted by atomic mass is 9.54. The van der Waals surface area contributed by atoms with Gasteiger partial charge < -0.3 is 4.84 Å². The van der Waals surface area contributed by atoms with Crippen LogP contribution in [-0.2, 0) is 10.3 Å². The van der Waals surface area contributed by atoms with Crippen LogP contribution in [-0.4, -0.2) is 12.3 Å². The first-order valence-corrected chi connectivity index (χ1v) is 9.90. The molecule has 0 amide bonds. The van der Waals surface area contributed by atoms with Gasteiger partial charge in [-0.2, -0.15) is 0 Å².